The van der Waals surface area contributed by atoms with Crippen molar-refractivity contribution in [2.75, 3.05) is 18.1 Å². The van der Waals surface area contributed by atoms with Gasteiger partial charge in [0.05, 0.1) is 5.69 Å². The van der Waals surface area contributed by atoms with Crippen LogP contribution in [0.15, 0.2) is 34.0 Å². The summed E-state index contributed by atoms with van der Waals surface area (Å²) in [5.41, 5.74) is 4.10. The Kier molecular flexibility index (Phi) is 7.29. The Morgan fingerprint density at radius 2 is 2.15 bits per heavy atom. The quantitative estimate of drug-likeness (QED) is 0.613. The predicted molar refractivity (Wildman–Crippen MR) is 116 cm³/mol. The fourth-order valence-electron chi connectivity index (χ4n) is 3.04. The number of hydrogen-bond donors (Lipinski definition) is 2. The summed E-state index contributed by atoms with van der Waals surface area (Å²) < 4.78 is 0. The Balaban J connectivity index is 1.50. The van der Waals surface area contributed by atoms with E-state index in [-0.39, 0.29) is 5.56 Å². The monoisotopic (exact) mass is 402 g/mol. The molecule has 27 heavy (non-hydrogen) atoms. The second-order valence-electron chi connectivity index (χ2n) is 6.53. The zero-order chi connectivity index (χ0) is 19.1. The van der Waals surface area contributed by atoms with Crippen LogP contribution in [0, 0.1) is 6.92 Å². The number of allylic oxidation sites excluding steroid dienone is 4. The Labute approximate surface area is 168 Å². The molecule has 0 saturated heterocycles. The average Bonchev–Trinajstić information content (AvgIpc) is 3.13. The minimum Gasteiger partial charge on any atom is -0.365 e. The van der Waals surface area contributed by atoms with E-state index in [1.165, 1.54) is 5.57 Å². The lowest BCUT2D eigenvalue weighted by molar-refractivity contribution is 0.835. The number of H-pyrrole nitrogens is 1. The second-order valence-corrected chi connectivity index (χ2v) is 8.50. The van der Waals surface area contributed by atoms with Crippen LogP contribution in [-0.4, -0.2) is 27.8 Å². The van der Waals surface area contributed by atoms with E-state index in [0.29, 0.717) is 0 Å². The summed E-state index contributed by atoms with van der Waals surface area (Å²) >= 11 is 3.43. The molecule has 0 fully saturated rings. The molecule has 0 saturated carbocycles. The normalized spacial score (nSPS) is 13.6. The van der Waals surface area contributed by atoms with Crippen molar-refractivity contribution in [1.29, 1.82) is 0 Å². The molecule has 0 aromatic carbocycles. The maximum absolute atomic E-state index is 12.5. The van der Waals surface area contributed by atoms with E-state index in [9.17, 15) is 4.79 Å². The van der Waals surface area contributed by atoms with Gasteiger partial charge in [0.15, 0.2) is 5.13 Å². The van der Waals surface area contributed by atoms with Crippen LogP contribution >= 0.6 is 23.1 Å². The van der Waals surface area contributed by atoms with E-state index in [2.05, 4.69) is 43.9 Å². The van der Waals surface area contributed by atoms with Crippen molar-refractivity contribution >= 4 is 28.2 Å². The van der Waals surface area contributed by atoms with Gasteiger partial charge in [-0.2, -0.15) is 11.8 Å². The highest BCUT2D eigenvalue weighted by atomic mass is 32.2. The second kappa shape index (κ2) is 9.90. The molecule has 0 unspecified atom stereocenters. The summed E-state index contributed by atoms with van der Waals surface area (Å²) in [5.74, 6) is 2.56. The van der Waals surface area contributed by atoms with Crippen LogP contribution in [0.2, 0.25) is 0 Å². The van der Waals surface area contributed by atoms with E-state index in [1.807, 2.05) is 25.7 Å². The molecule has 5 nitrogen and oxygen atoms in total. The molecule has 2 aromatic heterocycles. The van der Waals surface area contributed by atoms with Gasteiger partial charge in [-0.25, -0.2) is 9.97 Å². The maximum Gasteiger partial charge on any atom is 0.254 e. The molecule has 2 N–H and O–H groups in total. The van der Waals surface area contributed by atoms with Gasteiger partial charge in [-0.1, -0.05) is 23.8 Å². The molecule has 1 aliphatic rings. The van der Waals surface area contributed by atoms with Crippen LogP contribution in [-0.2, 0) is 18.6 Å². The Hall–Kier alpha value is -1.86. The molecule has 0 spiro atoms. The van der Waals surface area contributed by atoms with Crippen LogP contribution < -0.4 is 10.9 Å². The molecule has 2 aromatic rings. The number of aromatic amines is 1. The highest BCUT2D eigenvalue weighted by Crippen LogP contribution is 2.19. The molecule has 0 bridgehead atoms. The first-order chi connectivity index (χ1) is 13.2. The van der Waals surface area contributed by atoms with Crippen LogP contribution in [0.5, 0.6) is 0 Å². The summed E-state index contributed by atoms with van der Waals surface area (Å²) in [7, 11) is 1.88. The molecule has 2 heterocycles. The smallest absolute Gasteiger partial charge is 0.254 e. The first-order valence-electron chi connectivity index (χ1n) is 9.30. The highest BCUT2D eigenvalue weighted by molar-refractivity contribution is 7.98. The van der Waals surface area contributed by atoms with Gasteiger partial charge >= 0.3 is 0 Å². The predicted octanol–water partition coefficient (Wildman–Crippen LogP) is 4.26. The van der Waals surface area contributed by atoms with E-state index in [1.54, 1.807) is 11.3 Å². The number of aromatic nitrogens is 3. The number of nitrogens with one attached hydrogen (secondary N) is 2. The van der Waals surface area contributed by atoms with Gasteiger partial charge in [-0.05, 0) is 32.6 Å². The van der Waals surface area contributed by atoms with Crippen molar-refractivity contribution in [2.45, 2.75) is 44.8 Å². The third kappa shape index (κ3) is 5.81. The SMILES string of the molecule is CNc1nc(CSCCc2nc(C)c(CCC3=CCCC=C3)c(=O)[nH]2)cs1. The minimum absolute atomic E-state index is 0.0149. The van der Waals surface area contributed by atoms with Gasteiger partial charge in [0.1, 0.15) is 5.82 Å². The maximum atomic E-state index is 12.5. The van der Waals surface area contributed by atoms with Crippen molar-refractivity contribution in [2.24, 2.45) is 0 Å². The van der Waals surface area contributed by atoms with Crippen molar-refractivity contribution in [1.82, 2.24) is 15.0 Å². The van der Waals surface area contributed by atoms with Gasteiger partial charge < -0.3 is 10.3 Å². The number of aryl methyl sites for hydroxylation is 2. The van der Waals surface area contributed by atoms with E-state index in [0.717, 1.165) is 71.5 Å². The zero-order valence-electron chi connectivity index (χ0n) is 15.9. The van der Waals surface area contributed by atoms with Crippen LogP contribution in [0.25, 0.3) is 0 Å². The topological polar surface area (TPSA) is 70.7 Å². The van der Waals surface area contributed by atoms with Crippen LogP contribution in [0.1, 0.15) is 42.0 Å². The summed E-state index contributed by atoms with van der Waals surface area (Å²) in [5, 5.41) is 6.08. The van der Waals surface area contributed by atoms with Gasteiger partial charge in [0.25, 0.3) is 5.56 Å². The Morgan fingerprint density at radius 3 is 2.85 bits per heavy atom. The van der Waals surface area contributed by atoms with Gasteiger partial charge in [0, 0.05) is 41.6 Å². The third-order valence-corrected chi connectivity index (χ3v) is 6.41. The number of anilines is 1. The minimum atomic E-state index is 0.0149. The van der Waals surface area contributed by atoms with Crippen LogP contribution in [0.3, 0.4) is 0 Å². The number of rotatable bonds is 9. The lowest BCUT2D eigenvalue weighted by atomic mass is 10.00. The molecule has 1 aliphatic carbocycles. The van der Waals surface area contributed by atoms with Crippen molar-refractivity contribution in [3.63, 3.8) is 0 Å². The van der Waals surface area contributed by atoms with Crippen LogP contribution in [0.4, 0.5) is 5.13 Å². The van der Waals surface area contributed by atoms with E-state index in [4.69, 9.17) is 0 Å². The zero-order valence-corrected chi connectivity index (χ0v) is 17.5. The number of nitrogens with zero attached hydrogens (tertiary/aromatic N) is 2. The molecule has 0 radical (unpaired) electrons. The average molecular weight is 403 g/mol. The summed E-state index contributed by atoms with van der Waals surface area (Å²) in [6.07, 6.45) is 11.3. The van der Waals surface area contributed by atoms with Gasteiger partial charge in [-0.3, -0.25) is 4.79 Å². The number of hydrogen-bond acceptors (Lipinski definition) is 6. The highest BCUT2D eigenvalue weighted by Gasteiger charge is 2.10. The number of thioether (sulfide) groups is 1. The lowest BCUT2D eigenvalue weighted by Gasteiger charge is -2.09. The van der Waals surface area contributed by atoms with Crippen molar-refractivity contribution in [3.05, 3.63) is 62.3 Å². The third-order valence-electron chi connectivity index (χ3n) is 4.51. The summed E-state index contributed by atoms with van der Waals surface area (Å²) in [4.78, 5) is 24.5. The molecule has 0 amide bonds. The molecule has 0 atom stereocenters. The molecular formula is C20H26N4OS2. The molecule has 7 heteroatoms. The number of thiazole rings is 1. The van der Waals surface area contributed by atoms with Crippen molar-refractivity contribution in [3.8, 4) is 0 Å². The Bertz CT molecular complexity index is 882. The molecular weight excluding hydrogens is 376 g/mol. The summed E-state index contributed by atoms with van der Waals surface area (Å²) in [6.45, 7) is 1.95. The first kappa shape index (κ1) is 19.9. The molecule has 0 aliphatic heterocycles. The van der Waals surface area contributed by atoms with Gasteiger partial charge in [0.2, 0.25) is 0 Å². The molecule has 144 valence electrons. The summed E-state index contributed by atoms with van der Waals surface area (Å²) in [6, 6.07) is 0. The van der Waals surface area contributed by atoms with Crippen molar-refractivity contribution < 1.29 is 0 Å². The van der Waals surface area contributed by atoms with E-state index >= 15 is 0 Å². The van der Waals surface area contributed by atoms with E-state index < -0.39 is 0 Å². The largest absolute Gasteiger partial charge is 0.365 e. The fraction of sp³-hybridized carbons (Fsp3) is 0.450. The molecule has 3 rings (SSSR count). The first-order valence-corrected chi connectivity index (χ1v) is 11.3. The lowest BCUT2D eigenvalue weighted by Crippen LogP contribution is -2.19. The van der Waals surface area contributed by atoms with Gasteiger partial charge in [-0.15, -0.1) is 11.3 Å². The Morgan fingerprint density at radius 1 is 1.26 bits per heavy atom. The standard InChI is InChI=1S/C20H26N4OS2/c1-14-17(9-8-15-6-4-3-5-7-15)19(25)24-18(22-14)10-11-26-12-16-13-27-20(21-2)23-16/h4,6-7,13H,3,5,8-12H2,1-2H3,(H,21,23)(H,22,24,25). The fourth-order valence-corrected chi connectivity index (χ4v) is 4.65.